The molecule has 1 aliphatic heterocycles. The van der Waals surface area contributed by atoms with Gasteiger partial charge in [-0.1, -0.05) is 6.92 Å². The highest BCUT2D eigenvalue weighted by molar-refractivity contribution is 6.17. The van der Waals surface area contributed by atoms with Gasteiger partial charge in [0.05, 0.1) is 11.9 Å². The van der Waals surface area contributed by atoms with Crippen LogP contribution >= 0.6 is 11.6 Å². The summed E-state index contributed by atoms with van der Waals surface area (Å²) in [6.07, 6.45) is 5.01. The van der Waals surface area contributed by atoms with Crippen LogP contribution in [0.4, 0.5) is 5.69 Å². The highest BCUT2D eigenvalue weighted by Crippen LogP contribution is 2.31. The molecule has 1 aromatic heterocycles. The lowest BCUT2D eigenvalue weighted by molar-refractivity contribution is 0.625. The molecule has 0 aliphatic carbocycles. The van der Waals surface area contributed by atoms with Crippen molar-refractivity contribution in [3.63, 3.8) is 0 Å². The van der Waals surface area contributed by atoms with Crippen molar-refractivity contribution in [1.82, 2.24) is 4.98 Å². The Balaban J connectivity index is 2.29. The highest BCUT2D eigenvalue weighted by Gasteiger charge is 2.27. The second kappa shape index (κ2) is 4.40. The fourth-order valence-corrected chi connectivity index (χ4v) is 2.65. The van der Waals surface area contributed by atoms with Crippen molar-refractivity contribution in [3.8, 4) is 0 Å². The van der Waals surface area contributed by atoms with Crippen molar-refractivity contribution in [2.24, 2.45) is 5.92 Å². The van der Waals surface area contributed by atoms with E-state index in [-0.39, 0.29) is 0 Å². The lowest BCUT2D eigenvalue weighted by Crippen LogP contribution is -2.27. The standard InChI is InChI=1S/C12H17ClN2/c1-9-5-10(2)15(8-9)12-7-14-4-3-11(12)6-13/h3-4,7,9-10H,5-6,8H2,1-2H3. The maximum atomic E-state index is 5.94. The molecule has 15 heavy (non-hydrogen) atoms. The highest BCUT2D eigenvalue weighted by atomic mass is 35.5. The smallest absolute Gasteiger partial charge is 0.0600 e. The van der Waals surface area contributed by atoms with Crippen molar-refractivity contribution in [2.45, 2.75) is 32.2 Å². The van der Waals surface area contributed by atoms with Crippen molar-refractivity contribution >= 4 is 17.3 Å². The summed E-state index contributed by atoms with van der Waals surface area (Å²) in [7, 11) is 0. The molecule has 0 saturated carbocycles. The molecule has 2 atom stereocenters. The summed E-state index contributed by atoms with van der Waals surface area (Å²) in [6, 6.07) is 2.61. The molecule has 1 aliphatic rings. The van der Waals surface area contributed by atoms with Crippen molar-refractivity contribution in [3.05, 3.63) is 24.0 Å². The minimum Gasteiger partial charge on any atom is -0.367 e. The van der Waals surface area contributed by atoms with Crippen molar-refractivity contribution < 1.29 is 0 Å². The molecule has 0 bridgehead atoms. The fraction of sp³-hybridized carbons (Fsp3) is 0.583. The van der Waals surface area contributed by atoms with Crippen molar-refractivity contribution in [2.75, 3.05) is 11.4 Å². The predicted molar refractivity (Wildman–Crippen MR) is 64.4 cm³/mol. The third-order valence-corrected chi connectivity index (χ3v) is 3.41. The zero-order valence-electron chi connectivity index (χ0n) is 9.28. The van der Waals surface area contributed by atoms with Gasteiger partial charge in [0, 0.05) is 24.7 Å². The van der Waals surface area contributed by atoms with Crippen LogP contribution in [0.15, 0.2) is 18.5 Å². The maximum absolute atomic E-state index is 5.94. The Hall–Kier alpha value is -0.760. The van der Waals surface area contributed by atoms with Gasteiger partial charge in [0.25, 0.3) is 0 Å². The number of rotatable bonds is 2. The largest absolute Gasteiger partial charge is 0.367 e. The van der Waals surface area contributed by atoms with E-state index in [2.05, 4.69) is 23.7 Å². The molecule has 1 saturated heterocycles. The molecule has 2 heterocycles. The van der Waals surface area contributed by atoms with Gasteiger partial charge in [-0.05, 0) is 30.9 Å². The molecular formula is C12H17ClN2. The molecule has 0 spiro atoms. The number of pyridine rings is 1. The topological polar surface area (TPSA) is 16.1 Å². The van der Waals surface area contributed by atoms with E-state index in [9.17, 15) is 0 Å². The van der Waals surface area contributed by atoms with E-state index < -0.39 is 0 Å². The van der Waals surface area contributed by atoms with Gasteiger partial charge in [0.15, 0.2) is 0 Å². The Morgan fingerprint density at radius 3 is 2.93 bits per heavy atom. The minimum absolute atomic E-state index is 0.565. The summed E-state index contributed by atoms with van der Waals surface area (Å²) in [6.45, 7) is 5.69. The van der Waals surface area contributed by atoms with Crippen LogP contribution in [0.5, 0.6) is 0 Å². The van der Waals surface area contributed by atoms with Crippen LogP contribution in [0, 0.1) is 5.92 Å². The molecule has 1 fully saturated rings. The molecule has 3 heteroatoms. The quantitative estimate of drug-likeness (QED) is 0.718. The number of nitrogens with zero attached hydrogens (tertiary/aromatic N) is 2. The lowest BCUT2D eigenvalue weighted by atomic mass is 10.1. The van der Waals surface area contributed by atoms with Crippen LogP contribution in [0.25, 0.3) is 0 Å². The number of aromatic nitrogens is 1. The monoisotopic (exact) mass is 224 g/mol. The number of hydrogen-bond donors (Lipinski definition) is 0. The Morgan fingerprint density at radius 1 is 1.53 bits per heavy atom. The lowest BCUT2D eigenvalue weighted by Gasteiger charge is -2.25. The zero-order chi connectivity index (χ0) is 10.8. The summed E-state index contributed by atoms with van der Waals surface area (Å²) < 4.78 is 0. The molecule has 2 nitrogen and oxygen atoms in total. The summed E-state index contributed by atoms with van der Waals surface area (Å²) in [5, 5.41) is 0. The molecule has 82 valence electrons. The average molecular weight is 225 g/mol. The van der Waals surface area contributed by atoms with Gasteiger partial charge in [-0.3, -0.25) is 4.98 Å². The van der Waals surface area contributed by atoms with Crippen LogP contribution in [-0.2, 0) is 5.88 Å². The Labute approximate surface area is 96.3 Å². The van der Waals surface area contributed by atoms with E-state index in [0.717, 1.165) is 12.5 Å². The summed E-state index contributed by atoms with van der Waals surface area (Å²) in [5.74, 6) is 1.33. The summed E-state index contributed by atoms with van der Waals surface area (Å²) in [5.41, 5.74) is 2.40. The summed E-state index contributed by atoms with van der Waals surface area (Å²) in [4.78, 5) is 6.62. The predicted octanol–water partition coefficient (Wildman–Crippen LogP) is 3.06. The zero-order valence-corrected chi connectivity index (χ0v) is 10.0. The first kappa shape index (κ1) is 10.7. The molecule has 0 radical (unpaired) electrons. The second-order valence-corrected chi connectivity index (χ2v) is 4.75. The van der Waals surface area contributed by atoms with Gasteiger partial charge in [-0.25, -0.2) is 0 Å². The molecule has 1 aromatic rings. The maximum Gasteiger partial charge on any atom is 0.0600 e. The number of halogens is 1. The van der Waals surface area contributed by atoms with Gasteiger partial charge in [-0.2, -0.15) is 0 Å². The Kier molecular flexibility index (Phi) is 3.15. The van der Waals surface area contributed by atoms with Gasteiger partial charge >= 0.3 is 0 Å². The number of anilines is 1. The van der Waals surface area contributed by atoms with Gasteiger partial charge < -0.3 is 4.90 Å². The average Bonchev–Trinajstić information content (AvgIpc) is 2.57. The van der Waals surface area contributed by atoms with Crippen LogP contribution in [0.3, 0.4) is 0 Å². The van der Waals surface area contributed by atoms with Crippen LogP contribution < -0.4 is 4.90 Å². The third-order valence-electron chi connectivity index (χ3n) is 3.12. The molecule has 0 N–H and O–H groups in total. The number of alkyl halides is 1. The van der Waals surface area contributed by atoms with E-state index in [1.165, 1.54) is 17.7 Å². The second-order valence-electron chi connectivity index (χ2n) is 4.48. The van der Waals surface area contributed by atoms with Crippen molar-refractivity contribution in [1.29, 1.82) is 0 Å². The van der Waals surface area contributed by atoms with Crippen LogP contribution in [0.1, 0.15) is 25.8 Å². The molecule has 2 rings (SSSR count). The summed E-state index contributed by atoms with van der Waals surface area (Å²) >= 11 is 5.94. The molecular weight excluding hydrogens is 208 g/mol. The first-order chi connectivity index (χ1) is 7.22. The van der Waals surface area contributed by atoms with Crippen LogP contribution in [-0.4, -0.2) is 17.6 Å². The van der Waals surface area contributed by atoms with E-state index in [1.807, 2.05) is 18.5 Å². The van der Waals surface area contributed by atoms with E-state index in [0.29, 0.717) is 11.9 Å². The van der Waals surface area contributed by atoms with Gasteiger partial charge in [0.2, 0.25) is 0 Å². The minimum atomic E-state index is 0.565. The van der Waals surface area contributed by atoms with E-state index in [4.69, 9.17) is 11.6 Å². The molecule has 0 aromatic carbocycles. The SMILES string of the molecule is CC1CC(C)N(c2cnccc2CCl)C1. The Morgan fingerprint density at radius 2 is 2.33 bits per heavy atom. The Bertz CT molecular complexity index is 340. The van der Waals surface area contributed by atoms with Crippen LogP contribution in [0.2, 0.25) is 0 Å². The first-order valence-corrected chi connectivity index (χ1v) is 6.01. The van der Waals surface area contributed by atoms with E-state index >= 15 is 0 Å². The first-order valence-electron chi connectivity index (χ1n) is 5.48. The van der Waals surface area contributed by atoms with Gasteiger partial charge in [0.1, 0.15) is 0 Å². The van der Waals surface area contributed by atoms with E-state index in [1.54, 1.807) is 0 Å². The molecule has 2 unspecified atom stereocenters. The molecule has 0 amide bonds. The third kappa shape index (κ3) is 2.10. The normalized spacial score (nSPS) is 25.9. The van der Waals surface area contributed by atoms with Gasteiger partial charge in [-0.15, -0.1) is 11.6 Å². The number of hydrogen-bond acceptors (Lipinski definition) is 2. The fourth-order valence-electron chi connectivity index (χ4n) is 2.42.